The summed E-state index contributed by atoms with van der Waals surface area (Å²) in [6, 6.07) is 8.84. The predicted molar refractivity (Wildman–Crippen MR) is 78.0 cm³/mol. The highest BCUT2D eigenvalue weighted by atomic mass is 16.5. The minimum Gasteiger partial charge on any atom is -0.477 e. The van der Waals surface area contributed by atoms with E-state index in [2.05, 4.69) is 4.98 Å². The lowest BCUT2D eigenvalue weighted by molar-refractivity contribution is 0.0692. The third-order valence-corrected chi connectivity index (χ3v) is 3.08. The zero-order chi connectivity index (χ0) is 15.4. The van der Waals surface area contributed by atoms with Crippen LogP contribution in [0, 0.1) is 13.8 Å². The zero-order valence-electron chi connectivity index (χ0n) is 12.0. The Labute approximate surface area is 122 Å². The van der Waals surface area contributed by atoms with Crippen LogP contribution in [-0.2, 0) is 6.42 Å². The van der Waals surface area contributed by atoms with Gasteiger partial charge in [-0.15, -0.1) is 0 Å². The monoisotopic (exact) mass is 287 g/mol. The summed E-state index contributed by atoms with van der Waals surface area (Å²) in [7, 11) is 0. The van der Waals surface area contributed by atoms with Crippen molar-refractivity contribution in [1.29, 1.82) is 0 Å². The molecule has 5 heteroatoms. The number of aliphatic hydroxyl groups is 1. The molecule has 0 saturated heterocycles. The van der Waals surface area contributed by atoms with Crippen LogP contribution in [-0.4, -0.2) is 27.8 Å². The first-order valence-electron chi connectivity index (χ1n) is 6.61. The Morgan fingerprint density at radius 3 is 2.62 bits per heavy atom. The highest BCUT2D eigenvalue weighted by molar-refractivity contribution is 5.92. The van der Waals surface area contributed by atoms with Crippen LogP contribution in [0.5, 0.6) is 11.5 Å². The summed E-state index contributed by atoms with van der Waals surface area (Å²) in [5.74, 6) is -0.272. The second-order valence-electron chi connectivity index (χ2n) is 4.71. The minimum atomic E-state index is -1.07. The Balaban J connectivity index is 2.47. The van der Waals surface area contributed by atoms with Crippen molar-refractivity contribution in [2.45, 2.75) is 20.3 Å². The summed E-state index contributed by atoms with van der Waals surface area (Å²) in [6.45, 7) is 3.43. The molecular formula is C16H17NO4. The van der Waals surface area contributed by atoms with E-state index in [1.807, 2.05) is 12.1 Å². The number of hydrogen-bond donors (Lipinski definition) is 2. The van der Waals surface area contributed by atoms with Crippen LogP contribution in [0.25, 0.3) is 0 Å². The molecule has 2 rings (SSSR count). The maximum Gasteiger partial charge on any atom is 0.341 e. The van der Waals surface area contributed by atoms with E-state index in [1.165, 1.54) is 0 Å². The molecule has 1 aromatic heterocycles. The number of ether oxygens (including phenoxy) is 1. The number of hydrogen-bond acceptors (Lipinski definition) is 4. The van der Waals surface area contributed by atoms with Gasteiger partial charge in [0.1, 0.15) is 17.1 Å². The number of aromatic carboxylic acids is 1. The summed E-state index contributed by atoms with van der Waals surface area (Å²) in [4.78, 5) is 15.5. The van der Waals surface area contributed by atoms with Crippen LogP contribution in [0.3, 0.4) is 0 Å². The molecule has 5 nitrogen and oxygen atoms in total. The Kier molecular flexibility index (Phi) is 4.55. The van der Waals surface area contributed by atoms with Crippen LogP contribution in [0.2, 0.25) is 0 Å². The number of benzene rings is 1. The lowest BCUT2D eigenvalue weighted by atomic mass is 10.1. The van der Waals surface area contributed by atoms with Crippen LogP contribution < -0.4 is 4.74 Å². The lowest BCUT2D eigenvalue weighted by Crippen LogP contribution is -2.06. The largest absolute Gasteiger partial charge is 0.477 e. The molecule has 0 fully saturated rings. The summed E-state index contributed by atoms with van der Waals surface area (Å²) in [5.41, 5.74) is 1.98. The van der Waals surface area contributed by atoms with E-state index in [0.717, 1.165) is 5.56 Å². The highest BCUT2D eigenvalue weighted by Crippen LogP contribution is 2.30. The molecule has 1 heterocycles. The molecule has 0 aliphatic carbocycles. The van der Waals surface area contributed by atoms with E-state index in [4.69, 9.17) is 9.84 Å². The minimum absolute atomic E-state index is 0.000557. The fourth-order valence-corrected chi connectivity index (χ4v) is 2.18. The number of aromatic nitrogens is 1. The molecule has 21 heavy (non-hydrogen) atoms. The molecule has 0 aliphatic rings. The second-order valence-corrected chi connectivity index (χ2v) is 4.71. The molecule has 110 valence electrons. The topological polar surface area (TPSA) is 79.7 Å². The smallest absolute Gasteiger partial charge is 0.341 e. The van der Waals surface area contributed by atoms with Gasteiger partial charge in [-0.2, -0.15) is 0 Å². The number of nitrogens with zero attached hydrogens (tertiary/aromatic N) is 1. The summed E-state index contributed by atoms with van der Waals surface area (Å²) in [5, 5.41) is 18.4. The number of aliphatic hydroxyl groups excluding tert-OH is 1. The molecule has 0 radical (unpaired) electrons. The fraction of sp³-hybridized carbons (Fsp3) is 0.250. The van der Waals surface area contributed by atoms with Crippen LogP contribution in [0.4, 0.5) is 0 Å². The maximum absolute atomic E-state index is 11.4. The number of carbonyl (C=O) groups is 1. The molecule has 1 aromatic carbocycles. The van der Waals surface area contributed by atoms with E-state index in [-0.39, 0.29) is 17.9 Å². The quantitative estimate of drug-likeness (QED) is 0.884. The Morgan fingerprint density at radius 2 is 1.95 bits per heavy atom. The van der Waals surface area contributed by atoms with Gasteiger partial charge in [0.2, 0.25) is 0 Å². The molecule has 0 unspecified atom stereocenters. The van der Waals surface area contributed by atoms with Crippen molar-refractivity contribution < 1.29 is 19.7 Å². The van der Waals surface area contributed by atoms with E-state index in [1.54, 1.807) is 32.0 Å². The van der Waals surface area contributed by atoms with E-state index in [0.29, 0.717) is 23.6 Å². The van der Waals surface area contributed by atoms with Gasteiger partial charge in [0, 0.05) is 18.4 Å². The molecule has 0 spiro atoms. The number of aryl methyl sites for hydroxylation is 2. The molecule has 2 aromatic rings. The fourth-order valence-electron chi connectivity index (χ4n) is 2.18. The van der Waals surface area contributed by atoms with Crippen LogP contribution in [0.1, 0.15) is 27.3 Å². The van der Waals surface area contributed by atoms with Gasteiger partial charge in [0.25, 0.3) is 0 Å². The van der Waals surface area contributed by atoms with Crippen molar-refractivity contribution in [2.75, 3.05) is 6.61 Å². The van der Waals surface area contributed by atoms with Gasteiger partial charge in [-0.3, -0.25) is 4.98 Å². The van der Waals surface area contributed by atoms with Crippen molar-refractivity contribution in [2.24, 2.45) is 0 Å². The first-order chi connectivity index (χ1) is 10.0. The van der Waals surface area contributed by atoms with Gasteiger partial charge in [-0.1, -0.05) is 18.2 Å². The summed E-state index contributed by atoms with van der Waals surface area (Å²) < 4.78 is 5.78. The van der Waals surface area contributed by atoms with Gasteiger partial charge in [0.15, 0.2) is 0 Å². The standard InChI is InChI=1S/C16H17NO4/c1-10-9-14(15(16(19)20)11(2)17-10)21-13-6-4-3-5-12(13)7-8-18/h3-6,9,18H,7-8H2,1-2H3,(H,19,20). The highest BCUT2D eigenvalue weighted by Gasteiger charge is 2.18. The van der Waals surface area contributed by atoms with Crippen molar-refractivity contribution in [3.63, 3.8) is 0 Å². The molecule has 0 bridgehead atoms. The molecule has 2 N–H and O–H groups in total. The molecule has 0 aliphatic heterocycles. The molecule has 0 amide bonds. The predicted octanol–water partition coefficient (Wildman–Crippen LogP) is 2.72. The van der Waals surface area contributed by atoms with Gasteiger partial charge >= 0.3 is 5.97 Å². The number of carboxylic acids is 1. The third kappa shape index (κ3) is 3.38. The zero-order valence-corrected chi connectivity index (χ0v) is 12.0. The van der Waals surface area contributed by atoms with Gasteiger partial charge in [-0.25, -0.2) is 4.79 Å². The molecule has 0 atom stereocenters. The summed E-state index contributed by atoms with van der Waals surface area (Å²) >= 11 is 0. The van der Waals surface area contributed by atoms with E-state index in [9.17, 15) is 9.90 Å². The number of pyridine rings is 1. The normalized spacial score (nSPS) is 10.4. The molecule has 0 saturated carbocycles. The first kappa shape index (κ1) is 15.0. The van der Waals surface area contributed by atoms with E-state index >= 15 is 0 Å². The number of rotatable bonds is 5. The van der Waals surface area contributed by atoms with Gasteiger partial charge < -0.3 is 14.9 Å². The third-order valence-electron chi connectivity index (χ3n) is 3.08. The van der Waals surface area contributed by atoms with E-state index < -0.39 is 5.97 Å². The van der Waals surface area contributed by atoms with Gasteiger partial charge in [0.05, 0.1) is 5.69 Å². The Bertz CT molecular complexity index is 667. The number of carboxylic acid groups (broad SMARTS) is 1. The maximum atomic E-state index is 11.4. The number of para-hydroxylation sites is 1. The Morgan fingerprint density at radius 1 is 1.24 bits per heavy atom. The van der Waals surface area contributed by atoms with Crippen molar-refractivity contribution >= 4 is 5.97 Å². The summed E-state index contributed by atoms with van der Waals surface area (Å²) in [6.07, 6.45) is 0.446. The SMILES string of the molecule is Cc1cc(Oc2ccccc2CCO)c(C(=O)O)c(C)n1. The van der Waals surface area contributed by atoms with Crippen LogP contribution >= 0.6 is 0 Å². The van der Waals surface area contributed by atoms with Crippen molar-refractivity contribution in [3.8, 4) is 11.5 Å². The van der Waals surface area contributed by atoms with Gasteiger partial charge in [-0.05, 0) is 31.9 Å². The molecular weight excluding hydrogens is 270 g/mol. The average molecular weight is 287 g/mol. The lowest BCUT2D eigenvalue weighted by Gasteiger charge is -2.14. The van der Waals surface area contributed by atoms with Crippen molar-refractivity contribution in [1.82, 2.24) is 4.98 Å². The second kappa shape index (κ2) is 6.37. The van der Waals surface area contributed by atoms with Crippen molar-refractivity contribution in [3.05, 3.63) is 52.8 Å². The average Bonchev–Trinajstić information content (AvgIpc) is 2.40. The van der Waals surface area contributed by atoms with Crippen LogP contribution in [0.15, 0.2) is 30.3 Å². The first-order valence-corrected chi connectivity index (χ1v) is 6.61. The Hall–Kier alpha value is -2.40.